The largest absolute Gasteiger partial charge is 0.489 e. The number of hydrogen-bond donors (Lipinski definition) is 1. The zero-order valence-electron chi connectivity index (χ0n) is 18.4. The summed E-state index contributed by atoms with van der Waals surface area (Å²) in [5, 5.41) is 2.90. The lowest BCUT2D eigenvalue weighted by Gasteiger charge is -2.37. The topological polar surface area (TPSA) is 79.0 Å². The van der Waals surface area contributed by atoms with E-state index in [9.17, 15) is 14.4 Å². The highest BCUT2D eigenvalue weighted by Crippen LogP contribution is 2.42. The molecule has 0 radical (unpaired) electrons. The lowest BCUT2D eigenvalue weighted by Crippen LogP contribution is -2.48. The number of hydrogen-bond acceptors (Lipinski definition) is 4. The number of fused-ring (bicyclic) bond motifs is 3. The molecule has 3 aliphatic rings. The molecule has 1 N–H and O–H groups in total. The summed E-state index contributed by atoms with van der Waals surface area (Å²) in [5.41, 5.74) is 2.33. The molecule has 0 saturated carbocycles. The van der Waals surface area contributed by atoms with Crippen LogP contribution in [0.4, 0.5) is 10.5 Å². The summed E-state index contributed by atoms with van der Waals surface area (Å²) in [5.74, 6) is -0.105. The van der Waals surface area contributed by atoms with Gasteiger partial charge < -0.3 is 10.1 Å². The number of aryl methyl sites for hydroxylation is 1. The third kappa shape index (κ3) is 3.00. The minimum Gasteiger partial charge on any atom is -0.489 e. The van der Waals surface area contributed by atoms with Crippen molar-refractivity contribution in [3.8, 4) is 5.75 Å². The monoisotopic (exact) mass is 453 g/mol. The maximum absolute atomic E-state index is 13.7. The minimum absolute atomic E-state index is 0.282. The van der Waals surface area contributed by atoms with Gasteiger partial charge in [-0.2, -0.15) is 0 Å². The third-order valence-electron chi connectivity index (χ3n) is 7.00. The predicted molar refractivity (Wildman–Crippen MR) is 125 cm³/mol. The van der Waals surface area contributed by atoms with E-state index in [1.165, 1.54) is 0 Å². The second kappa shape index (κ2) is 7.73. The highest BCUT2D eigenvalue weighted by atomic mass is 16.5. The summed E-state index contributed by atoms with van der Waals surface area (Å²) in [4.78, 5) is 43.0. The zero-order chi connectivity index (χ0) is 23.3. The molecule has 1 aliphatic carbocycles. The van der Waals surface area contributed by atoms with Gasteiger partial charge in [0.1, 0.15) is 24.4 Å². The Bertz CT molecular complexity index is 1310. The molecular weight excluding hydrogens is 430 g/mol. The Morgan fingerprint density at radius 2 is 1.71 bits per heavy atom. The van der Waals surface area contributed by atoms with Crippen molar-refractivity contribution in [3.63, 3.8) is 0 Å². The molecule has 1 fully saturated rings. The summed E-state index contributed by atoms with van der Waals surface area (Å²) in [7, 11) is 0. The normalized spacial score (nSPS) is 22.9. The second-order valence-electron chi connectivity index (χ2n) is 8.85. The van der Waals surface area contributed by atoms with Crippen LogP contribution >= 0.6 is 0 Å². The molecule has 170 valence electrons. The molecule has 0 unspecified atom stereocenters. The number of rotatable bonds is 3. The summed E-state index contributed by atoms with van der Waals surface area (Å²) in [6.45, 7) is -0.0591. The number of anilines is 1. The molecule has 3 aromatic rings. The van der Waals surface area contributed by atoms with Crippen molar-refractivity contribution in [2.45, 2.75) is 24.4 Å². The molecule has 2 aliphatic heterocycles. The van der Waals surface area contributed by atoms with E-state index in [4.69, 9.17) is 4.74 Å². The Morgan fingerprint density at radius 3 is 2.56 bits per heavy atom. The van der Waals surface area contributed by atoms with Crippen molar-refractivity contribution >= 4 is 23.5 Å². The Kier molecular flexibility index (Phi) is 4.65. The van der Waals surface area contributed by atoms with Gasteiger partial charge in [-0.25, -0.2) is 4.79 Å². The van der Waals surface area contributed by atoms with Gasteiger partial charge in [-0.15, -0.1) is 0 Å². The fourth-order valence-corrected chi connectivity index (χ4v) is 5.36. The number of amides is 4. The fraction of sp³-hybridized carbons (Fsp3) is 0.222. The lowest BCUT2D eigenvalue weighted by atomic mass is 9.92. The Hall–Kier alpha value is -4.13. The number of ether oxygens (including phenoxy) is 1. The van der Waals surface area contributed by atoms with E-state index in [1.807, 2.05) is 78.9 Å². The first-order valence-corrected chi connectivity index (χ1v) is 11.4. The molecule has 1 spiro atoms. The van der Waals surface area contributed by atoms with Gasteiger partial charge in [0, 0.05) is 0 Å². The van der Waals surface area contributed by atoms with Gasteiger partial charge in [0.2, 0.25) is 5.91 Å². The molecule has 4 amide bonds. The first kappa shape index (κ1) is 20.5. The number of nitrogens with one attached hydrogen (secondary N) is 1. The van der Waals surface area contributed by atoms with Crippen molar-refractivity contribution in [1.82, 2.24) is 10.2 Å². The molecule has 7 heteroatoms. The van der Waals surface area contributed by atoms with Crippen molar-refractivity contribution in [2.75, 3.05) is 18.1 Å². The molecule has 7 nitrogen and oxygen atoms in total. The molecular formula is C27H23N3O4. The van der Waals surface area contributed by atoms with Crippen LogP contribution in [0.15, 0.2) is 78.9 Å². The van der Waals surface area contributed by atoms with Gasteiger partial charge in [-0.3, -0.25) is 19.4 Å². The van der Waals surface area contributed by atoms with Gasteiger partial charge in [-0.1, -0.05) is 66.7 Å². The maximum atomic E-state index is 13.7. The maximum Gasteiger partial charge on any atom is 0.325 e. The highest BCUT2D eigenvalue weighted by Gasteiger charge is 2.55. The van der Waals surface area contributed by atoms with Crippen LogP contribution in [-0.2, 0) is 21.5 Å². The van der Waals surface area contributed by atoms with Crippen molar-refractivity contribution < 1.29 is 19.1 Å². The molecule has 0 bridgehead atoms. The second-order valence-corrected chi connectivity index (χ2v) is 8.85. The van der Waals surface area contributed by atoms with Crippen LogP contribution in [0.5, 0.6) is 5.75 Å². The van der Waals surface area contributed by atoms with Crippen LogP contribution in [0.3, 0.4) is 0 Å². The van der Waals surface area contributed by atoms with Crippen LogP contribution in [0, 0.1) is 0 Å². The number of urea groups is 1. The van der Waals surface area contributed by atoms with E-state index >= 15 is 0 Å². The van der Waals surface area contributed by atoms with E-state index in [1.54, 1.807) is 4.90 Å². The van der Waals surface area contributed by atoms with Crippen LogP contribution in [0.25, 0.3) is 0 Å². The van der Waals surface area contributed by atoms with Crippen LogP contribution in [-0.4, -0.2) is 35.9 Å². The molecule has 2 atom stereocenters. The molecule has 34 heavy (non-hydrogen) atoms. The minimum atomic E-state index is -1.09. The van der Waals surface area contributed by atoms with Gasteiger partial charge >= 0.3 is 6.03 Å². The SMILES string of the molecule is O=C1N[C@@]2(CCc3ccccc32)C(=O)N1CC(=O)N1c2ccccc2OC[C@@H]1c1ccccc1. The predicted octanol–water partition coefficient (Wildman–Crippen LogP) is 3.55. The van der Waals surface area contributed by atoms with Crippen molar-refractivity contribution in [3.05, 3.63) is 95.6 Å². The summed E-state index contributed by atoms with van der Waals surface area (Å²) < 4.78 is 5.94. The number of carbonyl (C=O) groups excluding carboxylic acids is 3. The van der Waals surface area contributed by atoms with Crippen LogP contribution < -0.4 is 15.0 Å². The fourth-order valence-electron chi connectivity index (χ4n) is 5.36. The standard InChI is InChI=1S/C27H23N3O4/c31-24(16-29-25(32)27(28-26(29)33)15-14-18-8-4-5-11-20(18)27)30-21-12-6-7-13-23(21)34-17-22(30)19-9-2-1-3-10-19/h1-13,22H,14-17H2,(H,28,33)/t22-,27-/m1/s1. The van der Waals surface area contributed by atoms with Gasteiger partial charge in [0.15, 0.2) is 0 Å². The first-order valence-electron chi connectivity index (χ1n) is 11.4. The zero-order valence-corrected chi connectivity index (χ0v) is 18.4. The number of nitrogens with zero attached hydrogens (tertiary/aromatic N) is 2. The van der Waals surface area contributed by atoms with Gasteiger partial charge in [0.25, 0.3) is 5.91 Å². The number of imide groups is 1. The van der Waals surface area contributed by atoms with Crippen molar-refractivity contribution in [2.24, 2.45) is 0 Å². The quantitative estimate of drug-likeness (QED) is 0.616. The average Bonchev–Trinajstić information content (AvgIpc) is 3.36. The number of para-hydroxylation sites is 2. The lowest BCUT2D eigenvalue weighted by molar-refractivity contribution is -0.134. The number of carbonyl (C=O) groups is 3. The molecule has 2 heterocycles. The van der Waals surface area contributed by atoms with Crippen LogP contribution in [0.1, 0.15) is 29.2 Å². The summed E-state index contributed by atoms with van der Waals surface area (Å²) >= 11 is 0. The molecule has 1 saturated heterocycles. The summed E-state index contributed by atoms with van der Waals surface area (Å²) in [6, 6.07) is 23.7. The van der Waals surface area contributed by atoms with Gasteiger partial charge in [0.05, 0.1) is 11.7 Å². The van der Waals surface area contributed by atoms with E-state index in [0.717, 1.165) is 21.6 Å². The summed E-state index contributed by atoms with van der Waals surface area (Å²) in [6.07, 6.45) is 1.20. The molecule has 0 aromatic heterocycles. The van der Waals surface area contributed by atoms with E-state index in [2.05, 4.69) is 5.32 Å². The third-order valence-corrected chi connectivity index (χ3v) is 7.00. The smallest absolute Gasteiger partial charge is 0.325 e. The molecule has 6 rings (SSSR count). The average molecular weight is 453 g/mol. The Labute approximate surface area is 196 Å². The Balaban J connectivity index is 1.33. The molecule has 3 aromatic carbocycles. The van der Waals surface area contributed by atoms with E-state index in [-0.39, 0.29) is 31.0 Å². The number of benzene rings is 3. The van der Waals surface area contributed by atoms with E-state index in [0.29, 0.717) is 24.3 Å². The highest BCUT2D eigenvalue weighted by molar-refractivity contribution is 6.11. The van der Waals surface area contributed by atoms with Crippen molar-refractivity contribution in [1.29, 1.82) is 0 Å². The van der Waals surface area contributed by atoms with Gasteiger partial charge in [-0.05, 0) is 41.7 Å². The first-order chi connectivity index (χ1) is 16.6. The van der Waals surface area contributed by atoms with E-state index < -0.39 is 11.6 Å². The van der Waals surface area contributed by atoms with Crippen LogP contribution in [0.2, 0.25) is 0 Å². The Morgan fingerprint density at radius 1 is 0.971 bits per heavy atom.